The number of fused-ring (bicyclic) bond motifs is 7. The first kappa shape index (κ1) is 15.7. The number of H-pyrrole nitrogens is 1. The molecule has 2 nitrogen and oxygen atoms in total. The minimum atomic E-state index is 0.741. The van der Waals surface area contributed by atoms with Crippen LogP contribution in [0.2, 0.25) is 5.02 Å². The van der Waals surface area contributed by atoms with Crippen LogP contribution in [0.1, 0.15) is 0 Å². The Balaban J connectivity index is 1.83. The lowest BCUT2D eigenvalue weighted by molar-refractivity contribution is 1.42. The van der Waals surface area contributed by atoms with E-state index in [0.29, 0.717) is 0 Å². The van der Waals surface area contributed by atoms with Crippen molar-refractivity contribution in [3.05, 3.63) is 90.0 Å². The van der Waals surface area contributed by atoms with E-state index < -0.39 is 0 Å². The molecule has 6 aromatic rings. The van der Waals surface area contributed by atoms with Gasteiger partial charge >= 0.3 is 0 Å². The number of nitrogens with zero attached hydrogens (tertiary/aromatic N) is 1. The van der Waals surface area contributed by atoms with Crippen LogP contribution in [0.5, 0.6) is 0 Å². The molecule has 0 radical (unpaired) electrons. The molecule has 28 heavy (non-hydrogen) atoms. The summed E-state index contributed by atoms with van der Waals surface area (Å²) in [5, 5.41) is 6.54. The predicted molar refractivity (Wildman–Crippen MR) is 119 cm³/mol. The van der Waals surface area contributed by atoms with E-state index in [4.69, 9.17) is 16.6 Å². The third kappa shape index (κ3) is 2.19. The number of pyridine rings is 1. The molecule has 0 amide bonds. The van der Waals surface area contributed by atoms with Crippen LogP contribution in [0, 0.1) is 0 Å². The van der Waals surface area contributed by atoms with Crippen molar-refractivity contribution in [3.8, 4) is 11.3 Å². The maximum atomic E-state index is 6.25. The van der Waals surface area contributed by atoms with E-state index in [9.17, 15) is 0 Å². The van der Waals surface area contributed by atoms with Crippen molar-refractivity contribution in [1.82, 2.24) is 9.97 Å². The zero-order valence-corrected chi connectivity index (χ0v) is 15.7. The summed E-state index contributed by atoms with van der Waals surface area (Å²) >= 11 is 6.25. The second-order valence-corrected chi connectivity index (χ2v) is 7.51. The van der Waals surface area contributed by atoms with Crippen LogP contribution in [-0.2, 0) is 0 Å². The summed E-state index contributed by atoms with van der Waals surface area (Å²) in [5.74, 6) is 0. The Morgan fingerprint density at radius 2 is 1.39 bits per heavy atom. The van der Waals surface area contributed by atoms with Gasteiger partial charge in [0.1, 0.15) is 0 Å². The number of rotatable bonds is 1. The predicted octanol–water partition coefficient (Wildman–Crippen LogP) is 7.34. The summed E-state index contributed by atoms with van der Waals surface area (Å²) in [7, 11) is 0. The lowest BCUT2D eigenvalue weighted by Gasteiger charge is -2.10. The van der Waals surface area contributed by atoms with Gasteiger partial charge in [0.05, 0.1) is 16.7 Å². The van der Waals surface area contributed by atoms with Gasteiger partial charge < -0.3 is 4.98 Å². The summed E-state index contributed by atoms with van der Waals surface area (Å²) in [6.07, 6.45) is 0. The zero-order valence-electron chi connectivity index (χ0n) is 14.9. The van der Waals surface area contributed by atoms with Crippen LogP contribution >= 0.6 is 11.6 Å². The van der Waals surface area contributed by atoms with Crippen molar-refractivity contribution in [3.63, 3.8) is 0 Å². The monoisotopic (exact) mass is 378 g/mol. The molecule has 2 aromatic heterocycles. The highest BCUT2D eigenvalue weighted by molar-refractivity contribution is 6.32. The molecule has 4 aromatic carbocycles. The van der Waals surface area contributed by atoms with Crippen molar-refractivity contribution >= 4 is 55.1 Å². The van der Waals surface area contributed by atoms with E-state index in [-0.39, 0.29) is 0 Å². The molecule has 0 saturated heterocycles. The number of halogens is 1. The minimum Gasteiger partial charge on any atom is -0.353 e. The van der Waals surface area contributed by atoms with Crippen LogP contribution in [0.4, 0.5) is 0 Å². The van der Waals surface area contributed by atoms with Crippen LogP contribution < -0.4 is 0 Å². The largest absolute Gasteiger partial charge is 0.353 e. The van der Waals surface area contributed by atoms with Crippen LogP contribution in [0.3, 0.4) is 0 Å². The van der Waals surface area contributed by atoms with E-state index in [1.54, 1.807) is 0 Å². The Morgan fingerprint density at radius 3 is 2.25 bits per heavy atom. The molecule has 3 heteroatoms. The minimum absolute atomic E-state index is 0.741. The van der Waals surface area contributed by atoms with Gasteiger partial charge in [-0.25, -0.2) is 4.98 Å². The molecular weight excluding hydrogens is 364 g/mol. The Labute approximate surface area is 166 Å². The number of aromatic amines is 1. The van der Waals surface area contributed by atoms with Gasteiger partial charge in [0.25, 0.3) is 0 Å². The lowest BCUT2D eigenvalue weighted by Crippen LogP contribution is -1.90. The van der Waals surface area contributed by atoms with Crippen molar-refractivity contribution < 1.29 is 0 Å². The molecule has 132 valence electrons. The summed E-state index contributed by atoms with van der Waals surface area (Å²) in [4.78, 5) is 8.73. The first-order valence-corrected chi connectivity index (χ1v) is 9.65. The Kier molecular flexibility index (Phi) is 3.26. The molecule has 0 aliphatic carbocycles. The fourth-order valence-electron chi connectivity index (χ4n) is 4.17. The van der Waals surface area contributed by atoms with E-state index in [0.717, 1.165) is 49.0 Å². The number of benzene rings is 4. The maximum Gasteiger partial charge on any atom is 0.0957 e. The number of aromatic nitrogens is 2. The first-order chi connectivity index (χ1) is 13.8. The molecule has 0 spiro atoms. The third-order valence-electron chi connectivity index (χ3n) is 5.45. The molecule has 0 aliphatic heterocycles. The molecule has 0 aliphatic rings. The van der Waals surface area contributed by atoms with Crippen molar-refractivity contribution in [2.75, 3.05) is 0 Å². The van der Waals surface area contributed by atoms with Gasteiger partial charge in [-0.3, -0.25) is 0 Å². The highest BCUT2D eigenvalue weighted by atomic mass is 35.5. The van der Waals surface area contributed by atoms with E-state index in [1.807, 2.05) is 24.3 Å². The van der Waals surface area contributed by atoms with Crippen LogP contribution in [-0.4, -0.2) is 9.97 Å². The van der Waals surface area contributed by atoms with E-state index in [1.165, 1.54) is 10.8 Å². The van der Waals surface area contributed by atoms with Gasteiger partial charge in [-0.2, -0.15) is 0 Å². The maximum absolute atomic E-state index is 6.25. The van der Waals surface area contributed by atoms with Gasteiger partial charge in [-0.15, -0.1) is 0 Å². The zero-order chi connectivity index (χ0) is 18.7. The van der Waals surface area contributed by atoms with Gasteiger partial charge in [-0.05, 0) is 23.6 Å². The number of nitrogens with one attached hydrogen (secondary N) is 1. The highest BCUT2D eigenvalue weighted by Gasteiger charge is 2.14. The summed E-state index contributed by atoms with van der Waals surface area (Å²) in [5.41, 5.74) is 5.24. The molecule has 0 saturated carbocycles. The molecule has 6 rings (SSSR count). The van der Waals surface area contributed by atoms with Crippen LogP contribution in [0.15, 0.2) is 84.9 Å². The SMILES string of the molecule is Clc1ccc2[nH]c3c(ccc4c5ccccc5c(-c5ccccc5)nc43)c2c1. The fourth-order valence-corrected chi connectivity index (χ4v) is 4.34. The summed E-state index contributed by atoms with van der Waals surface area (Å²) in [6.45, 7) is 0. The average Bonchev–Trinajstić information content (AvgIpc) is 3.12. The van der Waals surface area contributed by atoms with Gasteiger partial charge in [0.15, 0.2) is 0 Å². The third-order valence-corrected chi connectivity index (χ3v) is 5.69. The molecule has 2 heterocycles. The summed E-state index contributed by atoms with van der Waals surface area (Å²) in [6, 6.07) is 29.2. The Hall–Kier alpha value is -3.36. The second-order valence-electron chi connectivity index (χ2n) is 7.07. The standard InChI is InChI=1S/C25H15ClN2/c26-16-10-13-22-21(14-16)20-12-11-19-17-8-4-5-9-18(17)23(15-6-2-1-3-7-15)28-25(19)24(20)27-22/h1-14,27H. The number of hydrogen-bond acceptors (Lipinski definition) is 1. The van der Waals surface area contributed by atoms with Crippen molar-refractivity contribution in [1.29, 1.82) is 0 Å². The molecule has 0 unspecified atom stereocenters. The Morgan fingerprint density at radius 1 is 0.643 bits per heavy atom. The van der Waals surface area contributed by atoms with Crippen molar-refractivity contribution in [2.24, 2.45) is 0 Å². The normalized spacial score (nSPS) is 11.8. The lowest BCUT2D eigenvalue weighted by atomic mass is 9.99. The van der Waals surface area contributed by atoms with Gasteiger partial charge in [0, 0.05) is 37.6 Å². The molecule has 1 N–H and O–H groups in total. The second kappa shape index (κ2) is 5.82. The average molecular weight is 379 g/mol. The highest BCUT2D eigenvalue weighted by Crippen LogP contribution is 2.37. The Bertz CT molecular complexity index is 1510. The number of hydrogen-bond donors (Lipinski definition) is 1. The van der Waals surface area contributed by atoms with Gasteiger partial charge in [-0.1, -0.05) is 78.3 Å². The molecule has 0 fully saturated rings. The molecule has 0 bridgehead atoms. The quantitative estimate of drug-likeness (QED) is 0.298. The molecule has 0 atom stereocenters. The smallest absolute Gasteiger partial charge is 0.0957 e. The van der Waals surface area contributed by atoms with E-state index >= 15 is 0 Å². The first-order valence-electron chi connectivity index (χ1n) is 9.27. The topological polar surface area (TPSA) is 28.7 Å². The van der Waals surface area contributed by atoms with Crippen LogP contribution in [0.25, 0.3) is 54.7 Å². The van der Waals surface area contributed by atoms with Crippen molar-refractivity contribution in [2.45, 2.75) is 0 Å². The molecular formula is C25H15ClN2. The van der Waals surface area contributed by atoms with Gasteiger partial charge in [0.2, 0.25) is 0 Å². The van der Waals surface area contributed by atoms with E-state index in [2.05, 4.69) is 65.6 Å². The fraction of sp³-hybridized carbons (Fsp3) is 0. The summed E-state index contributed by atoms with van der Waals surface area (Å²) < 4.78 is 0.